The van der Waals surface area contributed by atoms with Gasteiger partial charge in [-0.25, -0.2) is 22.5 Å². The molecule has 0 unspecified atom stereocenters. The van der Waals surface area contributed by atoms with Crippen molar-refractivity contribution in [2.45, 2.75) is 23.6 Å². The molecular weight excluding hydrogens is 333 g/mol. The van der Waals surface area contributed by atoms with Gasteiger partial charge in [0.05, 0.1) is 6.04 Å². The molecule has 8 heteroatoms. The van der Waals surface area contributed by atoms with E-state index < -0.39 is 10.0 Å². The zero-order valence-electron chi connectivity index (χ0n) is 12.7. The molecule has 0 bridgehead atoms. The van der Waals surface area contributed by atoms with Gasteiger partial charge < -0.3 is 4.74 Å². The van der Waals surface area contributed by atoms with E-state index in [2.05, 4.69) is 9.71 Å². The summed E-state index contributed by atoms with van der Waals surface area (Å²) in [6, 6.07) is 9.08. The summed E-state index contributed by atoms with van der Waals surface area (Å²) >= 11 is 0. The molecule has 2 aliphatic rings. The third kappa shape index (κ3) is 2.88. The lowest BCUT2D eigenvalue weighted by molar-refractivity contribution is 0.176. The van der Waals surface area contributed by atoms with Crippen LogP contribution in [0.15, 0.2) is 47.5 Å². The molecule has 3 heterocycles. The van der Waals surface area contributed by atoms with Crippen LogP contribution in [0.25, 0.3) is 0 Å². The van der Waals surface area contributed by atoms with Crippen LogP contribution in [0.4, 0.5) is 4.39 Å². The number of hydrogen-bond donors (Lipinski definition) is 1. The molecule has 2 atom stereocenters. The highest BCUT2D eigenvalue weighted by Gasteiger charge is 2.41. The van der Waals surface area contributed by atoms with E-state index in [0.717, 1.165) is 5.56 Å². The molecule has 0 spiro atoms. The summed E-state index contributed by atoms with van der Waals surface area (Å²) in [6.07, 6.45) is 1.18. The van der Waals surface area contributed by atoms with Crippen molar-refractivity contribution in [2.24, 2.45) is 0 Å². The van der Waals surface area contributed by atoms with E-state index >= 15 is 0 Å². The summed E-state index contributed by atoms with van der Waals surface area (Å²) in [5.41, 5.74) is 0.841. The lowest BCUT2D eigenvalue weighted by atomic mass is 10.2. The quantitative estimate of drug-likeness (QED) is 0.880. The van der Waals surface area contributed by atoms with Gasteiger partial charge in [0.2, 0.25) is 15.9 Å². The van der Waals surface area contributed by atoms with Crippen LogP contribution in [-0.4, -0.2) is 43.5 Å². The van der Waals surface area contributed by atoms with Gasteiger partial charge in [-0.1, -0.05) is 12.1 Å². The first kappa shape index (κ1) is 15.5. The van der Waals surface area contributed by atoms with Crippen LogP contribution < -0.4 is 9.46 Å². The van der Waals surface area contributed by atoms with Crippen molar-refractivity contribution in [1.29, 1.82) is 0 Å². The second kappa shape index (κ2) is 5.80. The molecule has 1 aromatic heterocycles. The fourth-order valence-electron chi connectivity index (χ4n) is 3.18. The number of sulfonamides is 1. The lowest BCUT2D eigenvalue weighted by Crippen LogP contribution is -2.42. The molecule has 1 N–H and O–H groups in total. The maximum absolute atomic E-state index is 13.3. The van der Waals surface area contributed by atoms with Crippen LogP contribution in [0, 0.1) is 5.82 Å². The first-order valence-corrected chi connectivity index (χ1v) is 9.10. The Morgan fingerprint density at radius 3 is 3.00 bits per heavy atom. The van der Waals surface area contributed by atoms with Gasteiger partial charge in [-0.05, 0) is 29.8 Å². The number of pyridine rings is 1. The Balaban J connectivity index is 1.56. The molecule has 1 fully saturated rings. The smallest absolute Gasteiger partial charge is 0.246 e. The van der Waals surface area contributed by atoms with E-state index in [1.54, 1.807) is 12.1 Å². The summed E-state index contributed by atoms with van der Waals surface area (Å²) in [5, 5.41) is 0. The van der Waals surface area contributed by atoms with Crippen LogP contribution in [0.3, 0.4) is 0 Å². The number of nitrogens with one attached hydrogen (secondary N) is 1. The van der Waals surface area contributed by atoms with Crippen molar-refractivity contribution in [3.05, 3.63) is 54.0 Å². The van der Waals surface area contributed by atoms with Crippen LogP contribution >= 0.6 is 0 Å². The predicted octanol–water partition coefficient (Wildman–Crippen LogP) is 1.14. The zero-order chi connectivity index (χ0) is 16.7. The zero-order valence-corrected chi connectivity index (χ0v) is 13.5. The van der Waals surface area contributed by atoms with Gasteiger partial charge in [0.25, 0.3) is 0 Å². The molecule has 0 radical (unpaired) electrons. The summed E-state index contributed by atoms with van der Waals surface area (Å²) < 4.78 is 46.7. The van der Waals surface area contributed by atoms with E-state index in [4.69, 9.17) is 4.74 Å². The SMILES string of the molecule is O=S1(=O)N[C@@H]2CN(Cc3cccc(F)c3)C[C@@H]2Oc2ncccc21. The maximum Gasteiger partial charge on any atom is 0.246 e. The van der Waals surface area contributed by atoms with Crippen LogP contribution in [-0.2, 0) is 16.6 Å². The van der Waals surface area contributed by atoms with Crippen molar-refractivity contribution >= 4 is 10.0 Å². The number of ether oxygens (including phenoxy) is 1. The minimum Gasteiger partial charge on any atom is -0.470 e. The molecule has 2 aliphatic heterocycles. The van der Waals surface area contributed by atoms with Crippen molar-refractivity contribution in [3.63, 3.8) is 0 Å². The monoisotopic (exact) mass is 349 g/mol. The van der Waals surface area contributed by atoms with Crippen LogP contribution in [0.1, 0.15) is 5.56 Å². The molecule has 1 saturated heterocycles. The Bertz CT molecular complexity index is 874. The summed E-state index contributed by atoms with van der Waals surface area (Å²) in [6.45, 7) is 1.57. The molecule has 24 heavy (non-hydrogen) atoms. The molecule has 0 saturated carbocycles. The molecular formula is C16H16FN3O3S. The minimum absolute atomic E-state index is 0.0658. The molecule has 1 aromatic carbocycles. The minimum atomic E-state index is -3.66. The Hall–Kier alpha value is -2.03. The molecule has 126 valence electrons. The Morgan fingerprint density at radius 1 is 1.29 bits per heavy atom. The standard InChI is InChI=1S/C16H16FN3O3S/c17-12-4-1-3-11(7-12)8-20-9-13-14(10-20)23-16-15(5-2-6-18-16)24(21,22)19-13/h1-7,13-14,19H,8-10H2/t13-,14+/m1/s1. The first-order valence-electron chi connectivity index (χ1n) is 7.62. The Labute approximate surface area is 139 Å². The topological polar surface area (TPSA) is 71.5 Å². The van der Waals surface area contributed by atoms with Gasteiger partial charge in [-0.2, -0.15) is 0 Å². The van der Waals surface area contributed by atoms with Crippen molar-refractivity contribution in [3.8, 4) is 5.88 Å². The highest BCUT2D eigenvalue weighted by Crippen LogP contribution is 2.29. The average molecular weight is 349 g/mol. The molecule has 4 rings (SSSR count). The number of aromatic nitrogens is 1. The molecule has 2 aromatic rings. The van der Waals surface area contributed by atoms with E-state index in [1.165, 1.54) is 24.4 Å². The van der Waals surface area contributed by atoms with Crippen molar-refractivity contribution in [2.75, 3.05) is 13.1 Å². The summed E-state index contributed by atoms with van der Waals surface area (Å²) in [7, 11) is -3.66. The van der Waals surface area contributed by atoms with Gasteiger partial charge in [0, 0.05) is 25.8 Å². The molecule has 0 amide bonds. The van der Waals surface area contributed by atoms with Gasteiger partial charge in [-0.3, -0.25) is 4.90 Å². The lowest BCUT2D eigenvalue weighted by Gasteiger charge is -2.16. The number of likely N-dealkylation sites (tertiary alicyclic amines) is 1. The van der Waals surface area contributed by atoms with Crippen molar-refractivity contribution in [1.82, 2.24) is 14.6 Å². The first-order chi connectivity index (χ1) is 11.5. The van der Waals surface area contributed by atoms with Gasteiger partial charge in [-0.15, -0.1) is 0 Å². The third-order valence-electron chi connectivity index (χ3n) is 4.23. The molecule has 6 nitrogen and oxygen atoms in total. The number of hydrogen-bond acceptors (Lipinski definition) is 5. The Morgan fingerprint density at radius 2 is 2.17 bits per heavy atom. The maximum atomic E-state index is 13.3. The highest BCUT2D eigenvalue weighted by molar-refractivity contribution is 7.89. The van der Waals surface area contributed by atoms with E-state index in [0.29, 0.717) is 19.6 Å². The van der Waals surface area contributed by atoms with Gasteiger partial charge >= 0.3 is 0 Å². The normalized spacial score (nSPS) is 25.4. The molecule has 0 aliphatic carbocycles. The second-order valence-corrected chi connectivity index (χ2v) is 7.70. The average Bonchev–Trinajstić information content (AvgIpc) is 2.83. The van der Waals surface area contributed by atoms with E-state index in [-0.39, 0.29) is 28.7 Å². The number of halogens is 1. The van der Waals surface area contributed by atoms with Crippen molar-refractivity contribution < 1.29 is 17.5 Å². The number of benzene rings is 1. The number of rotatable bonds is 2. The Kier molecular flexibility index (Phi) is 3.75. The second-order valence-electron chi connectivity index (χ2n) is 6.01. The van der Waals surface area contributed by atoms with Gasteiger partial charge in [0.15, 0.2) is 0 Å². The number of fused-ring (bicyclic) bond motifs is 2. The van der Waals surface area contributed by atoms with Crippen LogP contribution in [0.2, 0.25) is 0 Å². The summed E-state index contributed by atoms with van der Waals surface area (Å²) in [4.78, 5) is 6.15. The number of nitrogens with zero attached hydrogens (tertiary/aromatic N) is 2. The fraction of sp³-hybridized carbons (Fsp3) is 0.312. The largest absolute Gasteiger partial charge is 0.470 e. The summed E-state index contributed by atoms with van der Waals surface area (Å²) in [5.74, 6) is -0.152. The van der Waals surface area contributed by atoms with Gasteiger partial charge in [0.1, 0.15) is 16.8 Å². The van der Waals surface area contributed by atoms with Crippen LogP contribution in [0.5, 0.6) is 5.88 Å². The highest BCUT2D eigenvalue weighted by atomic mass is 32.2. The van der Waals surface area contributed by atoms with E-state index in [9.17, 15) is 12.8 Å². The van der Waals surface area contributed by atoms with E-state index in [1.807, 2.05) is 11.0 Å². The fourth-order valence-corrected chi connectivity index (χ4v) is 4.52. The predicted molar refractivity (Wildman–Crippen MR) is 84.4 cm³/mol. The third-order valence-corrected chi connectivity index (χ3v) is 5.74.